The zero-order valence-electron chi connectivity index (χ0n) is 53.9. The van der Waals surface area contributed by atoms with Crippen LogP contribution in [-0.4, -0.2) is 37.2 Å². The second-order valence-electron chi connectivity index (χ2n) is 24.1. The lowest BCUT2D eigenvalue weighted by Crippen LogP contribution is -2.30. The van der Waals surface area contributed by atoms with Crippen LogP contribution < -0.4 is 0 Å². The minimum Gasteiger partial charge on any atom is -0.462 e. The fraction of sp³-hybridized carbons (Fsp3) is 0.851. The van der Waals surface area contributed by atoms with E-state index in [-0.39, 0.29) is 31.1 Å². The van der Waals surface area contributed by atoms with Gasteiger partial charge in [-0.15, -0.1) is 0 Å². The maximum atomic E-state index is 12.9. The summed E-state index contributed by atoms with van der Waals surface area (Å²) >= 11 is 0. The number of carbonyl (C=O) groups is 3. The van der Waals surface area contributed by atoms with E-state index >= 15 is 0 Å². The highest BCUT2D eigenvalue weighted by Crippen LogP contribution is 2.18. The van der Waals surface area contributed by atoms with Crippen LogP contribution >= 0.6 is 0 Å². The summed E-state index contributed by atoms with van der Waals surface area (Å²) in [6.45, 7) is 6.62. The number of hydrogen-bond acceptors (Lipinski definition) is 6. The molecule has 1 atom stereocenters. The first-order valence-electron chi connectivity index (χ1n) is 35.6. The lowest BCUT2D eigenvalue weighted by Gasteiger charge is -2.18. The molecule has 1 unspecified atom stereocenters. The van der Waals surface area contributed by atoms with Gasteiger partial charge in [0.2, 0.25) is 0 Å². The summed E-state index contributed by atoms with van der Waals surface area (Å²) in [7, 11) is 0. The third-order valence-electron chi connectivity index (χ3n) is 16.0. The van der Waals surface area contributed by atoms with Gasteiger partial charge >= 0.3 is 17.9 Å². The number of rotatable bonds is 66. The lowest BCUT2D eigenvalue weighted by molar-refractivity contribution is -0.167. The third-order valence-corrected chi connectivity index (χ3v) is 16.0. The van der Waals surface area contributed by atoms with Crippen molar-refractivity contribution in [3.8, 4) is 0 Å². The summed E-state index contributed by atoms with van der Waals surface area (Å²) in [4.78, 5) is 38.3. The van der Waals surface area contributed by atoms with Crippen molar-refractivity contribution in [2.75, 3.05) is 13.2 Å². The Morgan fingerprint density at radius 1 is 0.250 bits per heavy atom. The minimum absolute atomic E-state index is 0.0778. The Hall–Kier alpha value is -2.63. The van der Waals surface area contributed by atoms with Crippen molar-refractivity contribution in [2.45, 2.75) is 393 Å². The molecular formula is C74H136O6. The SMILES string of the molecule is CCCCC/C=C\C/C=C\CCCCCCCC(=O)OC(COC(=O)CCCCCCC/C=C\CCCCC)COC(=O)CCCCCCCCCCCCCCCCCCCCCCCCC/C=C\CCCCCCCCCC. The Morgan fingerprint density at radius 2 is 0.450 bits per heavy atom. The van der Waals surface area contributed by atoms with Crippen molar-refractivity contribution in [3.63, 3.8) is 0 Å². The molecule has 0 heterocycles. The van der Waals surface area contributed by atoms with Crippen molar-refractivity contribution in [3.05, 3.63) is 48.6 Å². The summed E-state index contributed by atoms with van der Waals surface area (Å²) in [5.74, 6) is -0.881. The predicted octanol–water partition coefficient (Wildman–Crippen LogP) is 24.5. The Kier molecular flexibility index (Phi) is 66.6. The van der Waals surface area contributed by atoms with E-state index < -0.39 is 6.10 Å². The number of hydrogen-bond donors (Lipinski definition) is 0. The molecule has 6 heteroatoms. The molecule has 0 aromatic rings. The molecule has 0 rings (SSSR count). The van der Waals surface area contributed by atoms with Crippen molar-refractivity contribution in [1.82, 2.24) is 0 Å². The summed E-state index contributed by atoms with van der Waals surface area (Å²) < 4.78 is 16.9. The molecule has 0 aliphatic heterocycles. The van der Waals surface area contributed by atoms with E-state index in [1.54, 1.807) is 0 Å². The van der Waals surface area contributed by atoms with Crippen LogP contribution in [0.2, 0.25) is 0 Å². The predicted molar refractivity (Wildman–Crippen MR) is 349 cm³/mol. The Morgan fingerprint density at radius 3 is 0.725 bits per heavy atom. The molecule has 0 spiro atoms. The molecular weight excluding hydrogens is 985 g/mol. The lowest BCUT2D eigenvalue weighted by atomic mass is 10.0. The van der Waals surface area contributed by atoms with Gasteiger partial charge in [-0.1, -0.05) is 313 Å². The molecule has 0 radical (unpaired) electrons. The zero-order valence-corrected chi connectivity index (χ0v) is 53.9. The number of allylic oxidation sites excluding steroid dienone is 8. The molecule has 0 fully saturated rings. The van der Waals surface area contributed by atoms with Gasteiger partial charge in [0, 0.05) is 19.3 Å². The molecule has 468 valence electrons. The normalized spacial score (nSPS) is 12.3. The van der Waals surface area contributed by atoms with E-state index in [0.717, 1.165) is 89.9 Å². The maximum absolute atomic E-state index is 12.9. The first-order chi connectivity index (χ1) is 39.5. The van der Waals surface area contributed by atoms with Crippen LogP contribution in [0.3, 0.4) is 0 Å². The van der Waals surface area contributed by atoms with E-state index in [1.807, 2.05) is 0 Å². The van der Waals surface area contributed by atoms with Crippen LogP contribution in [0.1, 0.15) is 387 Å². The smallest absolute Gasteiger partial charge is 0.306 e. The van der Waals surface area contributed by atoms with Crippen molar-refractivity contribution < 1.29 is 28.6 Å². The largest absolute Gasteiger partial charge is 0.462 e. The van der Waals surface area contributed by atoms with Gasteiger partial charge in [-0.05, 0) is 103 Å². The molecule has 6 nitrogen and oxygen atoms in total. The number of ether oxygens (including phenoxy) is 3. The summed E-state index contributed by atoms with van der Waals surface area (Å²) in [5.41, 5.74) is 0. The molecule has 0 aromatic heterocycles. The van der Waals surface area contributed by atoms with Crippen LogP contribution in [0, 0.1) is 0 Å². The van der Waals surface area contributed by atoms with E-state index in [4.69, 9.17) is 14.2 Å². The number of esters is 3. The molecule has 0 aromatic carbocycles. The average molecular weight is 1120 g/mol. The maximum Gasteiger partial charge on any atom is 0.306 e. The molecule has 80 heavy (non-hydrogen) atoms. The first kappa shape index (κ1) is 77.4. The van der Waals surface area contributed by atoms with Gasteiger partial charge in [-0.25, -0.2) is 0 Å². The average Bonchev–Trinajstić information content (AvgIpc) is 3.46. The highest BCUT2D eigenvalue weighted by Gasteiger charge is 2.19. The first-order valence-corrected chi connectivity index (χ1v) is 35.6. The van der Waals surface area contributed by atoms with Gasteiger partial charge in [0.05, 0.1) is 0 Å². The highest BCUT2D eigenvalue weighted by molar-refractivity contribution is 5.71. The second-order valence-corrected chi connectivity index (χ2v) is 24.1. The molecule has 0 amide bonds. The Balaban J connectivity index is 4.04. The minimum atomic E-state index is -0.782. The number of carbonyl (C=O) groups excluding carboxylic acids is 3. The molecule has 0 N–H and O–H groups in total. The van der Waals surface area contributed by atoms with Crippen LogP contribution in [-0.2, 0) is 28.6 Å². The van der Waals surface area contributed by atoms with Gasteiger partial charge in [0.15, 0.2) is 6.10 Å². The molecule has 0 aliphatic carbocycles. The van der Waals surface area contributed by atoms with Gasteiger partial charge in [0.1, 0.15) is 13.2 Å². The monoisotopic (exact) mass is 1120 g/mol. The summed E-state index contributed by atoms with van der Waals surface area (Å²) in [5, 5.41) is 0. The summed E-state index contributed by atoms with van der Waals surface area (Å²) in [6.07, 6.45) is 87.4. The number of unbranched alkanes of at least 4 members (excludes halogenated alkanes) is 47. The van der Waals surface area contributed by atoms with Crippen LogP contribution in [0.25, 0.3) is 0 Å². The van der Waals surface area contributed by atoms with Gasteiger partial charge < -0.3 is 14.2 Å². The van der Waals surface area contributed by atoms with Gasteiger partial charge in [-0.2, -0.15) is 0 Å². The fourth-order valence-electron chi connectivity index (χ4n) is 10.6. The quantitative estimate of drug-likeness (QED) is 0.0261. The molecule has 0 bridgehead atoms. The van der Waals surface area contributed by atoms with E-state index in [0.29, 0.717) is 19.3 Å². The van der Waals surface area contributed by atoms with Crippen LogP contribution in [0.5, 0.6) is 0 Å². The summed E-state index contributed by atoms with van der Waals surface area (Å²) in [6, 6.07) is 0. The van der Waals surface area contributed by atoms with Gasteiger partial charge in [-0.3, -0.25) is 14.4 Å². The van der Waals surface area contributed by atoms with E-state index in [2.05, 4.69) is 69.4 Å². The molecule has 0 aliphatic rings. The standard InChI is InChI=1S/C74H136O6/c1-4-7-10-13-16-19-22-25-27-28-29-30-31-32-33-34-35-36-37-38-39-40-41-42-43-44-45-46-48-49-52-55-58-61-64-67-73(76)79-70-71(69-78-72(75)66-63-60-57-54-51-24-21-18-15-12-9-6-3)80-74(77)68-65-62-59-56-53-50-47-26-23-20-17-14-11-8-5-2/h17-18,20-21,26,28-29,47,71H,4-16,19,22-25,27,30-46,48-70H2,1-3H3/b20-17-,21-18-,29-28-,47-26-. The third kappa shape index (κ3) is 66.2. The van der Waals surface area contributed by atoms with Crippen molar-refractivity contribution >= 4 is 17.9 Å². The topological polar surface area (TPSA) is 78.9 Å². The highest BCUT2D eigenvalue weighted by atomic mass is 16.6. The van der Waals surface area contributed by atoms with Crippen LogP contribution in [0.4, 0.5) is 0 Å². The van der Waals surface area contributed by atoms with Gasteiger partial charge in [0.25, 0.3) is 0 Å². The molecule has 0 saturated heterocycles. The van der Waals surface area contributed by atoms with E-state index in [9.17, 15) is 14.4 Å². The van der Waals surface area contributed by atoms with Crippen molar-refractivity contribution in [2.24, 2.45) is 0 Å². The van der Waals surface area contributed by atoms with Crippen molar-refractivity contribution in [1.29, 1.82) is 0 Å². The van der Waals surface area contributed by atoms with Crippen LogP contribution in [0.15, 0.2) is 48.6 Å². The fourth-order valence-corrected chi connectivity index (χ4v) is 10.6. The Labute approximate surface area is 498 Å². The van der Waals surface area contributed by atoms with E-state index in [1.165, 1.54) is 257 Å². The molecule has 0 saturated carbocycles. The Bertz CT molecular complexity index is 1380. The second kappa shape index (κ2) is 68.9. The zero-order chi connectivity index (χ0) is 57.8.